The summed E-state index contributed by atoms with van der Waals surface area (Å²) in [5, 5.41) is 9.44. The van der Waals surface area contributed by atoms with Gasteiger partial charge in [-0.2, -0.15) is 0 Å². The van der Waals surface area contributed by atoms with Crippen LogP contribution in [0.1, 0.15) is 20.3 Å². The lowest BCUT2D eigenvalue weighted by atomic mass is 9.65. The van der Waals surface area contributed by atoms with E-state index in [1.165, 1.54) is 0 Å². The Kier molecular flexibility index (Phi) is 3.61. The summed E-state index contributed by atoms with van der Waals surface area (Å²) in [6.07, 6.45) is -0.147. The van der Waals surface area contributed by atoms with Crippen molar-refractivity contribution < 1.29 is 23.1 Å². The van der Waals surface area contributed by atoms with Gasteiger partial charge in [0.05, 0.1) is 13.2 Å². The molecule has 0 saturated heterocycles. The van der Waals surface area contributed by atoms with Gasteiger partial charge in [0, 0.05) is 11.5 Å². The second kappa shape index (κ2) is 4.31. The minimum atomic E-state index is -3.68. The number of methoxy groups -OCH3 is 1. The van der Waals surface area contributed by atoms with Crippen LogP contribution in [0.15, 0.2) is 0 Å². The number of aliphatic hydroxyl groups excluding tert-OH is 1. The molecule has 94 valence electrons. The van der Waals surface area contributed by atoms with E-state index >= 15 is 0 Å². The standard InChI is InChI=1S/C9H17NO5S/c1-9(2)6(4-7(9)11)10-16(13,14)5-8(12)15-3/h6-7,10-11H,4-5H2,1-3H3. The molecule has 0 bridgehead atoms. The van der Waals surface area contributed by atoms with Crippen molar-refractivity contribution in [2.75, 3.05) is 12.9 Å². The monoisotopic (exact) mass is 251 g/mol. The molecule has 0 amide bonds. The SMILES string of the molecule is COC(=O)CS(=O)(=O)NC1CC(O)C1(C)C. The first-order chi connectivity index (χ1) is 7.19. The first-order valence-electron chi connectivity index (χ1n) is 4.94. The summed E-state index contributed by atoms with van der Waals surface area (Å²) in [6, 6.07) is -0.336. The van der Waals surface area contributed by atoms with E-state index in [0.29, 0.717) is 6.42 Å². The smallest absolute Gasteiger partial charge is 0.322 e. The van der Waals surface area contributed by atoms with Gasteiger partial charge in [0.15, 0.2) is 5.75 Å². The Bertz CT molecular complexity index is 375. The van der Waals surface area contributed by atoms with E-state index in [2.05, 4.69) is 9.46 Å². The molecule has 16 heavy (non-hydrogen) atoms. The summed E-state index contributed by atoms with van der Waals surface area (Å²) in [5.74, 6) is -1.49. The Morgan fingerprint density at radius 2 is 2.12 bits per heavy atom. The molecule has 0 radical (unpaired) electrons. The Morgan fingerprint density at radius 1 is 1.56 bits per heavy atom. The summed E-state index contributed by atoms with van der Waals surface area (Å²) in [6.45, 7) is 3.54. The molecule has 1 aliphatic carbocycles. The van der Waals surface area contributed by atoms with Crippen LogP contribution in [-0.2, 0) is 19.6 Å². The van der Waals surface area contributed by atoms with Crippen LogP contribution in [-0.4, -0.2) is 44.5 Å². The van der Waals surface area contributed by atoms with Crippen molar-refractivity contribution in [3.63, 3.8) is 0 Å². The van der Waals surface area contributed by atoms with E-state index in [1.807, 2.05) is 0 Å². The van der Waals surface area contributed by atoms with Crippen molar-refractivity contribution in [3.8, 4) is 0 Å². The number of aliphatic hydroxyl groups is 1. The van der Waals surface area contributed by atoms with E-state index < -0.39 is 33.3 Å². The van der Waals surface area contributed by atoms with E-state index in [4.69, 9.17) is 0 Å². The second-order valence-electron chi connectivity index (χ2n) is 4.58. The minimum absolute atomic E-state index is 0.336. The zero-order valence-corrected chi connectivity index (χ0v) is 10.4. The summed E-state index contributed by atoms with van der Waals surface area (Å²) >= 11 is 0. The van der Waals surface area contributed by atoms with Crippen LogP contribution in [0.4, 0.5) is 0 Å². The van der Waals surface area contributed by atoms with Gasteiger partial charge < -0.3 is 9.84 Å². The molecule has 6 nitrogen and oxygen atoms in total. The van der Waals surface area contributed by atoms with Gasteiger partial charge in [-0.25, -0.2) is 13.1 Å². The first-order valence-corrected chi connectivity index (χ1v) is 6.59. The third kappa shape index (κ3) is 2.72. The van der Waals surface area contributed by atoms with E-state index in [-0.39, 0.29) is 6.04 Å². The number of nitrogens with one attached hydrogen (secondary N) is 1. The number of carbonyl (C=O) groups excluding carboxylic acids is 1. The van der Waals surface area contributed by atoms with Gasteiger partial charge in [-0.3, -0.25) is 4.79 Å². The third-order valence-corrected chi connectivity index (χ3v) is 4.33. The van der Waals surface area contributed by atoms with E-state index in [0.717, 1.165) is 7.11 Å². The molecule has 0 aromatic rings. The van der Waals surface area contributed by atoms with Crippen LogP contribution in [0, 0.1) is 5.41 Å². The van der Waals surface area contributed by atoms with Gasteiger partial charge in [0.1, 0.15) is 0 Å². The number of hydrogen-bond donors (Lipinski definition) is 2. The van der Waals surface area contributed by atoms with Gasteiger partial charge in [0.25, 0.3) is 0 Å². The molecule has 2 unspecified atom stereocenters. The van der Waals surface area contributed by atoms with Crippen molar-refractivity contribution >= 4 is 16.0 Å². The molecule has 2 atom stereocenters. The predicted molar refractivity (Wildman–Crippen MR) is 57.1 cm³/mol. The lowest BCUT2D eigenvalue weighted by Gasteiger charge is -2.49. The molecular weight excluding hydrogens is 234 g/mol. The normalized spacial score (nSPS) is 28.2. The summed E-state index contributed by atoms with van der Waals surface area (Å²) in [7, 11) is -2.55. The summed E-state index contributed by atoms with van der Waals surface area (Å²) in [4.78, 5) is 10.9. The van der Waals surface area contributed by atoms with Crippen LogP contribution in [0.2, 0.25) is 0 Å². The molecule has 7 heteroatoms. The fourth-order valence-corrected chi connectivity index (χ4v) is 2.92. The highest BCUT2D eigenvalue weighted by molar-refractivity contribution is 7.90. The number of rotatable bonds is 4. The maximum absolute atomic E-state index is 11.5. The molecule has 1 fully saturated rings. The highest BCUT2D eigenvalue weighted by Gasteiger charge is 2.48. The molecule has 1 aliphatic rings. The van der Waals surface area contributed by atoms with Crippen LogP contribution in [0.25, 0.3) is 0 Å². The quantitative estimate of drug-likeness (QED) is 0.641. The van der Waals surface area contributed by atoms with Crippen LogP contribution in [0.5, 0.6) is 0 Å². The number of sulfonamides is 1. The minimum Gasteiger partial charge on any atom is -0.468 e. The Balaban J connectivity index is 2.59. The molecule has 1 rings (SSSR count). The number of esters is 1. The molecule has 0 aromatic carbocycles. The van der Waals surface area contributed by atoms with Crippen molar-refractivity contribution in [1.82, 2.24) is 4.72 Å². The van der Waals surface area contributed by atoms with Crippen molar-refractivity contribution in [3.05, 3.63) is 0 Å². The highest BCUT2D eigenvalue weighted by Crippen LogP contribution is 2.40. The zero-order valence-electron chi connectivity index (χ0n) is 9.56. The van der Waals surface area contributed by atoms with Gasteiger partial charge in [-0.15, -0.1) is 0 Å². The van der Waals surface area contributed by atoms with E-state index in [9.17, 15) is 18.3 Å². The number of ether oxygens (including phenoxy) is 1. The average molecular weight is 251 g/mol. The number of carbonyl (C=O) groups is 1. The maximum Gasteiger partial charge on any atom is 0.322 e. The highest BCUT2D eigenvalue weighted by atomic mass is 32.2. The van der Waals surface area contributed by atoms with Crippen LogP contribution in [0.3, 0.4) is 0 Å². The van der Waals surface area contributed by atoms with Gasteiger partial charge in [0.2, 0.25) is 10.0 Å². The molecule has 0 aliphatic heterocycles. The van der Waals surface area contributed by atoms with Gasteiger partial charge in [-0.1, -0.05) is 13.8 Å². The predicted octanol–water partition coefficient (Wildman–Crippen LogP) is -0.762. The fourth-order valence-electron chi connectivity index (χ4n) is 1.57. The van der Waals surface area contributed by atoms with Gasteiger partial charge in [-0.05, 0) is 6.42 Å². The Labute approximate surface area is 95.0 Å². The van der Waals surface area contributed by atoms with Crippen molar-refractivity contribution in [2.45, 2.75) is 32.4 Å². The number of hydrogen-bond acceptors (Lipinski definition) is 5. The van der Waals surface area contributed by atoms with Gasteiger partial charge >= 0.3 is 5.97 Å². The van der Waals surface area contributed by atoms with Crippen LogP contribution >= 0.6 is 0 Å². The lowest BCUT2D eigenvalue weighted by Crippen LogP contribution is -2.61. The van der Waals surface area contributed by atoms with Crippen molar-refractivity contribution in [1.29, 1.82) is 0 Å². The fraction of sp³-hybridized carbons (Fsp3) is 0.889. The van der Waals surface area contributed by atoms with E-state index in [1.54, 1.807) is 13.8 Å². The maximum atomic E-state index is 11.5. The second-order valence-corrected chi connectivity index (χ2v) is 6.33. The molecule has 0 spiro atoms. The molecule has 0 aromatic heterocycles. The third-order valence-electron chi connectivity index (χ3n) is 3.07. The summed E-state index contributed by atoms with van der Waals surface area (Å²) in [5.41, 5.74) is -0.497. The first kappa shape index (κ1) is 13.4. The molecule has 2 N–H and O–H groups in total. The van der Waals surface area contributed by atoms with Crippen LogP contribution < -0.4 is 4.72 Å². The molecule has 1 saturated carbocycles. The topological polar surface area (TPSA) is 92.7 Å². The Hall–Kier alpha value is -0.660. The zero-order chi connectivity index (χ0) is 12.6. The largest absolute Gasteiger partial charge is 0.468 e. The summed E-state index contributed by atoms with van der Waals surface area (Å²) < 4.78 is 29.7. The molecular formula is C9H17NO5S. The Morgan fingerprint density at radius 3 is 2.50 bits per heavy atom. The van der Waals surface area contributed by atoms with Crippen molar-refractivity contribution in [2.24, 2.45) is 5.41 Å². The lowest BCUT2D eigenvalue weighted by molar-refractivity contribution is -0.137. The molecule has 0 heterocycles. The average Bonchev–Trinajstić information content (AvgIpc) is 2.16.